The van der Waals surface area contributed by atoms with Crippen LogP contribution in [0.25, 0.3) is 0 Å². The first kappa shape index (κ1) is 23.9. The summed E-state index contributed by atoms with van der Waals surface area (Å²) in [7, 11) is 1.68. The first-order valence-electron chi connectivity index (χ1n) is 12.6. The quantitative estimate of drug-likeness (QED) is 0.408. The fourth-order valence-corrected chi connectivity index (χ4v) is 6.79. The number of benzene rings is 2. The smallest absolute Gasteiger partial charge is 0.338 e. The van der Waals surface area contributed by atoms with Crippen LogP contribution in [0.3, 0.4) is 0 Å². The summed E-state index contributed by atoms with van der Waals surface area (Å²) in [5.41, 5.74) is 2.34. The number of epoxide rings is 1. The first-order valence-corrected chi connectivity index (χ1v) is 12.6. The molecular formula is C29H34O6. The topological polar surface area (TPSA) is 74.4 Å². The highest BCUT2D eigenvalue weighted by Gasteiger charge is 2.72. The molecule has 0 N–H and O–H groups in total. The molecule has 0 amide bonds. The summed E-state index contributed by atoms with van der Waals surface area (Å²) in [4.78, 5) is 25.0. The largest absolute Gasteiger partial charge is 0.497 e. The van der Waals surface area contributed by atoms with E-state index in [0.29, 0.717) is 18.6 Å². The highest BCUT2D eigenvalue weighted by atomic mass is 16.6. The van der Waals surface area contributed by atoms with E-state index in [2.05, 4.69) is 26.0 Å². The van der Waals surface area contributed by atoms with Crippen LogP contribution >= 0.6 is 0 Å². The molecule has 2 aliphatic carbocycles. The minimum atomic E-state index is -0.364. The van der Waals surface area contributed by atoms with Gasteiger partial charge in [-0.3, -0.25) is 4.79 Å². The summed E-state index contributed by atoms with van der Waals surface area (Å²) >= 11 is 0. The molecule has 1 saturated carbocycles. The highest BCUT2D eigenvalue weighted by molar-refractivity contribution is 5.89. The lowest BCUT2D eigenvalue weighted by molar-refractivity contribution is -0.148. The Hall–Kier alpha value is -2.86. The van der Waals surface area contributed by atoms with Gasteiger partial charge in [0.05, 0.1) is 24.4 Å². The van der Waals surface area contributed by atoms with Gasteiger partial charge in [0, 0.05) is 24.2 Å². The van der Waals surface area contributed by atoms with Gasteiger partial charge in [-0.05, 0) is 68.0 Å². The molecule has 0 radical (unpaired) electrons. The van der Waals surface area contributed by atoms with E-state index in [9.17, 15) is 9.59 Å². The molecule has 186 valence electrons. The SMILES string of the molecule is CCC(OC(=O)c1ccccc1)[C@@H]1CC2(C)OC2[C@]2(COC(C)=O)CCc3cc(OC)ccc3[C@H]12. The van der Waals surface area contributed by atoms with Gasteiger partial charge in [-0.25, -0.2) is 4.79 Å². The third-order valence-electron chi connectivity index (χ3n) is 8.33. The molecule has 0 aromatic heterocycles. The van der Waals surface area contributed by atoms with Gasteiger partial charge >= 0.3 is 11.9 Å². The standard InChI is InChI=1S/C29H34O6/c1-5-24(34-26(31)19-9-7-6-8-10-19)23-16-28(3)27(35-28)29(17-33-18(2)30)14-13-20-15-21(32-4)11-12-22(20)25(23)29/h6-12,15,23-25,27H,5,13-14,16-17H2,1-4H3/t23-,24?,25+,27?,28?,29-/m0/s1. The van der Waals surface area contributed by atoms with Gasteiger partial charge in [0.2, 0.25) is 0 Å². The zero-order chi connectivity index (χ0) is 24.8. The van der Waals surface area contributed by atoms with E-state index in [1.54, 1.807) is 19.2 Å². The van der Waals surface area contributed by atoms with Crippen LogP contribution in [0.15, 0.2) is 48.5 Å². The average molecular weight is 479 g/mol. The number of methoxy groups -OCH3 is 1. The summed E-state index contributed by atoms with van der Waals surface area (Å²) < 4.78 is 23.8. The summed E-state index contributed by atoms with van der Waals surface area (Å²) in [6, 6.07) is 15.4. The van der Waals surface area contributed by atoms with Crippen molar-refractivity contribution in [1.29, 1.82) is 0 Å². The van der Waals surface area contributed by atoms with Crippen LogP contribution in [0, 0.1) is 11.3 Å². The van der Waals surface area contributed by atoms with E-state index in [-0.39, 0.29) is 47.0 Å². The number of ether oxygens (including phenoxy) is 4. The summed E-state index contributed by atoms with van der Waals surface area (Å²) in [5.74, 6) is 0.298. The number of carbonyl (C=O) groups excluding carboxylic acids is 2. The highest BCUT2D eigenvalue weighted by Crippen LogP contribution is 2.68. The molecule has 35 heavy (non-hydrogen) atoms. The maximum absolute atomic E-state index is 13.1. The van der Waals surface area contributed by atoms with Gasteiger partial charge < -0.3 is 18.9 Å². The zero-order valence-corrected chi connectivity index (χ0v) is 20.9. The fourth-order valence-electron chi connectivity index (χ4n) is 6.79. The molecule has 2 fully saturated rings. The van der Waals surface area contributed by atoms with Crippen molar-refractivity contribution in [3.63, 3.8) is 0 Å². The van der Waals surface area contributed by atoms with E-state index in [1.807, 2.05) is 24.3 Å². The molecule has 1 heterocycles. The molecular weight excluding hydrogens is 444 g/mol. The van der Waals surface area contributed by atoms with Crippen molar-refractivity contribution in [2.24, 2.45) is 11.3 Å². The molecule has 1 aliphatic heterocycles. The van der Waals surface area contributed by atoms with Crippen molar-refractivity contribution in [3.05, 3.63) is 65.2 Å². The van der Waals surface area contributed by atoms with Crippen LogP contribution in [0.2, 0.25) is 0 Å². The van der Waals surface area contributed by atoms with Crippen LogP contribution < -0.4 is 4.74 Å². The van der Waals surface area contributed by atoms with Crippen molar-refractivity contribution in [2.75, 3.05) is 13.7 Å². The lowest BCUT2D eigenvalue weighted by Crippen LogP contribution is -2.54. The predicted molar refractivity (Wildman–Crippen MR) is 130 cm³/mol. The van der Waals surface area contributed by atoms with Crippen LogP contribution in [0.1, 0.15) is 67.4 Å². The van der Waals surface area contributed by atoms with Crippen molar-refractivity contribution in [1.82, 2.24) is 0 Å². The minimum absolute atomic E-state index is 0.00758. The molecule has 3 unspecified atom stereocenters. The van der Waals surface area contributed by atoms with Gasteiger partial charge in [0.1, 0.15) is 18.5 Å². The average Bonchev–Trinajstić information content (AvgIpc) is 3.57. The second-order valence-corrected chi connectivity index (χ2v) is 10.5. The van der Waals surface area contributed by atoms with Gasteiger partial charge in [-0.2, -0.15) is 0 Å². The number of fused-ring (bicyclic) bond motifs is 5. The van der Waals surface area contributed by atoms with E-state index < -0.39 is 0 Å². The van der Waals surface area contributed by atoms with Crippen molar-refractivity contribution in [3.8, 4) is 5.75 Å². The summed E-state index contributed by atoms with van der Waals surface area (Å²) in [6.07, 6.45) is 2.89. The number of aryl methyl sites for hydroxylation is 1. The Morgan fingerprint density at radius 2 is 1.94 bits per heavy atom. The van der Waals surface area contributed by atoms with Gasteiger partial charge in [-0.15, -0.1) is 0 Å². The summed E-state index contributed by atoms with van der Waals surface area (Å²) in [6.45, 7) is 5.97. The fraction of sp³-hybridized carbons (Fsp3) is 0.517. The maximum atomic E-state index is 13.1. The Labute approximate surface area is 206 Å². The molecule has 3 aliphatic rings. The van der Waals surface area contributed by atoms with Crippen LogP contribution in [0.5, 0.6) is 5.75 Å². The Bertz CT molecular complexity index is 1110. The summed E-state index contributed by atoms with van der Waals surface area (Å²) in [5, 5.41) is 0. The molecule has 1 saturated heterocycles. The Kier molecular flexibility index (Phi) is 6.12. The number of carbonyl (C=O) groups is 2. The number of hydrogen-bond acceptors (Lipinski definition) is 6. The second-order valence-electron chi connectivity index (χ2n) is 10.5. The molecule has 0 bridgehead atoms. The van der Waals surface area contributed by atoms with Gasteiger partial charge in [-0.1, -0.05) is 31.2 Å². The predicted octanol–water partition coefficient (Wildman–Crippen LogP) is 5.09. The molecule has 2 aromatic carbocycles. The van der Waals surface area contributed by atoms with E-state index in [0.717, 1.165) is 25.0 Å². The number of hydrogen-bond donors (Lipinski definition) is 0. The van der Waals surface area contributed by atoms with E-state index in [4.69, 9.17) is 18.9 Å². The monoisotopic (exact) mass is 478 g/mol. The zero-order valence-electron chi connectivity index (χ0n) is 20.9. The van der Waals surface area contributed by atoms with Crippen molar-refractivity contribution in [2.45, 2.75) is 70.2 Å². The maximum Gasteiger partial charge on any atom is 0.338 e. The normalized spacial score (nSPS) is 31.3. The first-order chi connectivity index (χ1) is 16.8. The molecule has 6 atom stereocenters. The van der Waals surface area contributed by atoms with Crippen LogP contribution in [-0.2, 0) is 25.4 Å². The molecule has 0 spiro atoms. The second kappa shape index (κ2) is 8.98. The van der Waals surface area contributed by atoms with Crippen molar-refractivity contribution < 1.29 is 28.5 Å². The van der Waals surface area contributed by atoms with Gasteiger partial charge in [0.15, 0.2) is 0 Å². The third kappa shape index (κ3) is 4.12. The van der Waals surface area contributed by atoms with Crippen LogP contribution in [0.4, 0.5) is 0 Å². The van der Waals surface area contributed by atoms with Crippen LogP contribution in [-0.4, -0.2) is 43.5 Å². The molecule has 5 rings (SSSR count). The molecule has 2 aromatic rings. The van der Waals surface area contributed by atoms with Crippen molar-refractivity contribution >= 4 is 11.9 Å². The van der Waals surface area contributed by atoms with E-state index >= 15 is 0 Å². The number of esters is 2. The Morgan fingerprint density at radius 3 is 2.63 bits per heavy atom. The minimum Gasteiger partial charge on any atom is -0.497 e. The lowest BCUT2D eigenvalue weighted by atomic mass is 9.51. The van der Waals surface area contributed by atoms with Gasteiger partial charge in [0.25, 0.3) is 0 Å². The number of rotatable bonds is 7. The molecule has 6 heteroatoms. The Balaban J connectivity index is 1.56. The molecule has 6 nitrogen and oxygen atoms in total. The van der Waals surface area contributed by atoms with E-state index in [1.165, 1.54) is 18.1 Å². The Morgan fingerprint density at radius 1 is 1.17 bits per heavy atom. The lowest BCUT2D eigenvalue weighted by Gasteiger charge is -2.52. The third-order valence-corrected chi connectivity index (χ3v) is 8.33.